The largest absolute Gasteiger partial charge is 0.348 e. The highest BCUT2D eigenvalue weighted by Crippen LogP contribution is 2.19. The molecule has 1 aromatic carbocycles. The van der Waals surface area contributed by atoms with Crippen LogP contribution >= 0.6 is 11.6 Å². The van der Waals surface area contributed by atoms with Crippen LogP contribution < -0.4 is 10.6 Å². The second-order valence-corrected chi connectivity index (χ2v) is 6.93. The van der Waals surface area contributed by atoms with E-state index >= 15 is 0 Å². The molecule has 0 saturated heterocycles. The Hall–Kier alpha value is -1.62. The number of anilines is 1. The molecule has 26 heavy (non-hydrogen) atoms. The molecule has 0 atom stereocenters. The summed E-state index contributed by atoms with van der Waals surface area (Å²) in [6, 6.07) is 3.76. The van der Waals surface area contributed by atoms with Crippen LogP contribution in [0.1, 0.15) is 71.1 Å². The van der Waals surface area contributed by atoms with Crippen LogP contribution in [0.15, 0.2) is 18.2 Å². The zero-order valence-corrected chi connectivity index (χ0v) is 16.3. The van der Waals surface area contributed by atoms with E-state index in [4.69, 9.17) is 11.6 Å². The predicted molar refractivity (Wildman–Crippen MR) is 105 cm³/mol. The molecule has 0 aliphatic heterocycles. The highest BCUT2D eigenvalue weighted by atomic mass is 35.5. The minimum Gasteiger partial charge on any atom is -0.348 e. The van der Waals surface area contributed by atoms with Gasteiger partial charge in [-0.1, -0.05) is 76.3 Å². The number of rotatable bonds is 12. The van der Waals surface area contributed by atoms with E-state index in [9.17, 15) is 14.0 Å². The Morgan fingerprint density at radius 1 is 0.923 bits per heavy atom. The summed E-state index contributed by atoms with van der Waals surface area (Å²) in [5, 5.41) is 4.89. The lowest BCUT2D eigenvalue weighted by atomic mass is 10.1. The van der Waals surface area contributed by atoms with Gasteiger partial charge in [0.25, 0.3) is 0 Å². The summed E-state index contributed by atoms with van der Waals surface area (Å²) in [6.45, 7) is 2.70. The van der Waals surface area contributed by atoms with Gasteiger partial charge in [-0.2, -0.15) is 0 Å². The van der Waals surface area contributed by atoms with E-state index in [2.05, 4.69) is 17.6 Å². The van der Waals surface area contributed by atoms with E-state index < -0.39 is 17.6 Å². The Kier molecular flexibility index (Phi) is 11.7. The fourth-order valence-electron chi connectivity index (χ4n) is 2.66. The number of benzene rings is 1. The van der Waals surface area contributed by atoms with Crippen LogP contribution in [0.25, 0.3) is 0 Å². The fraction of sp³-hybridized carbons (Fsp3) is 0.600. The number of hydrogen-bond donors (Lipinski definition) is 2. The molecule has 0 fully saturated rings. The number of unbranched alkanes of at least 4 members (excludes halogenated alkanes) is 9. The first-order valence-corrected chi connectivity index (χ1v) is 9.96. The maximum absolute atomic E-state index is 13.1. The molecule has 0 unspecified atom stereocenters. The molecule has 2 N–H and O–H groups in total. The molecule has 1 aromatic rings. The summed E-state index contributed by atoms with van der Waals surface area (Å²) >= 11 is 5.64. The van der Waals surface area contributed by atoms with Gasteiger partial charge in [0.05, 0.1) is 5.02 Å². The zero-order chi connectivity index (χ0) is 19.2. The summed E-state index contributed by atoms with van der Waals surface area (Å²) in [7, 11) is 0. The van der Waals surface area contributed by atoms with Crippen molar-refractivity contribution in [1.29, 1.82) is 0 Å². The van der Waals surface area contributed by atoms with Gasteiger partial charge in [-0.15, -0.1) is 0 Å². The molecule has 4 nitrogen and oxygen atoms in total. The average Bonchev–Trinajstić information content (AvgIpc) is 2.62. The fourth-order valence-corrected chi connectivity index (χ4v) is 2.84. The number of amides is 2. The van der Waals surface area contributed by atoms with Crippen molar-refractivity contribution < 1.29 is 14.0 Å². The van der Waals surface area contributed by atoms with Crippen LogP contribution in [0.5, 0.6) is 0 Å². The van der Waals surface area contributed by atoms with E-state index in [0.717, 1.165) is 25.3 Å². The van der Waals surface area contributed by atoms with Crippen molar-refractivity contribution in [2.75, 3.05) is 11.9 Å². The Morgan fingerprint density at radius 3 is 2.08 bits per heavy atom. The second kappa shape index (κ2) is 13.6. The van der Waals surface area contributed by atoms with Gasteiger partial charge in [-0.25, -0.2) is 4.39 Å². The zero-order valence-electron chi connectivity index (χ0n) is 15.6. The maximum atomic E-state index is 13.1. The highest BCUT2D eigenvalue weighted by Gasteiger charge is 2.13. The van der Waals surface area contributed by atoms with Gasteiger partial charge < -0.3 is 10.6 Å². The Labute approximate surface area is 160 Å². The number of carbonyl (C=O) groups excluding carboxylic acids is 2. The van der Waals surface area contributed by atoms with Crippen LogP contribution in [0.4, 0.5) is 10.1 Å². The molecular formula is C20H30ClFN2O2. The van der Waals surface area contributed by atoms with Gasteiger partial charge in [-0.05, 0) is 24.6 Å². The molecule has 0 saturated carbocycles. The van der Waals surface area contributed by atoms with Gasteiger partial charge in [0.2, 0.25) is 0 Å². The smallest absolute Gasteiger partial charge is 0.313 e. The molecule has 2 amide bonds. The van der Waals surface area contributed by atoms with E-state index in [1.165, 1.54) is 57.1 Å². The summed E-state index contributed by atoms with van der Waals surface area (Å²) in [6.07, 6.45) is 12.2. The van der Waals surface area contributed by atoms with Crippen molar-refractivity contribution in [2.24, 2.45) is 0 Å². The van der Waals surface area contributed by atoms with Crippen LogP contribution in [0.3, 0.4) is 0 Å². The Morgan fingerprint density at radius 2 is 1.50 bits per heavy atom. The van der Waals surface area contributed by atoms with Crippen molar-refractivity contribution in [2.45, 2.75) is 71.1 Å². The van der Waals surface area contributed by atoms with Crippen molar-refractivity contribution in [1.82, 2.24) is 5.32 Å². The van der Waals surface area contributed by atoms with E-state index in [1.807, 2.05) is 0 Å². The lowest BCUT2D eigenvalue weighted by Crippen LogP contribution is -2.35. The van der Waals surface area contributed by atoms with Gasteiger partial charge in [0, 0.05) is 12.2 Å². The summed E-state index contributed by atoms with van der Waals surface area (Å²) in [4.78, 5) is 23.5. The van der Waals surface area contributed by atoms with Crippen molar-refractivity contribution in [3.05, 3.63) is 29.0 Å². The summed E-state index contributed by atoms with van der Waals surface area (Å²) < 4.78 is 13.1. The molecule has 1 rings (SSSR count). The molecule has 146 valence electrons. The topological polar surface area (TPSA) is 58.2 Å². The van der Waals surface area contributed by atoms with Gasteiger partial charge in [0.15, 0.2) is 0 Å². The number of carbonyl (C=O) groups is 2. The first-order valence-electron chi connectivity index (χ1n) is 9.58. The number of hydrogen-bond acceptors (Lipinski definition) is 2. The highest BCUT2D eigenvalue weighted by molar-refractivity contribution is 6.39. The van der Waals surface area contributed by atoms with Gasteiger partial charge in [0.1, 0.15) is 5.82 Å². The predicted octanol–water partition coefficient (Wildman–Crippen LogP) is 5.45. The third-order valence-corrected chi connectivity index (χ3v) is 4.49. The lowest BCUT2D eigenvalue weighted by Gasteiger charge is -2.07. The van der Waals surface area contributed by atoms with Crippen LogP contribution in [-0.2, 0) is 9.59 Å². The molecule has 0 heterocycles. The summed E-state index contributed by atoms with van der Waals surface area (Å²) in [5.41, 5.74) is 0.287. The minimum atomic E-state index is -0.778. The average molecular weight is 385 g/mol. The maximum Gasteiger partial charge on any atom is 0.313 e. The molecule has 0 aromatic heterocycles. The molecule has 0 spiro atoms. The normalized spacial score (nSPS) is 10.6. The second-order valence-electron chi connectivity index (χ2n) is 6.52. The Bertz CT molecular complexity index is 567. The summed E-state index contributed by atoms with van der Waals surface area (Å²) in [5.74, 6) is -2.05. The third-order valence-electron chi connectivity index (χ3n) is 4.20. The quantitative estimate of drug-likeness (QED) is 0.371. The standard InChI is InChI=1S/C20H30ClFN2O2/c1-2-3-4-5-6-7-8-9-10-11-14-23-19(25)20(26)24-16-12-13-18(22)17(21)15-16/h12-13,15H,2-11,14H2,1H3,(H,23,25)(H,24,26). The third kappa shape index (κ3) is 9.76. The van der Waals surface area contributed by atoms with Crippen molar-refractivity contribution >= 4 is 29.1 Å². The van der Waals surface area contributed by atoms with Crippen molar-refractivity contribution in [3.63, 3.8) is 0 Å². The minimum absolute atomic E-state index is 0.103. The number of nitrogens with one attached hydrogen (secondary N) is 2. The van der Waals surface area contributed by atoms with Gasteiger partial charge in [-0.3, -0.25) is 9.59 Å². The van der Waals surface area contributed by atoms with Crippen LogP contribution in [0.2, 0.25) is 5.02 Å². The van der Waals surface area contributed by atoms with E-state index in [1.54, 1.807) is 0 Å². The van der Waals surface area contributed by atoms with Crippen LogP contribution in [-0.4, -0.2) is 18.4 Å². The first-order chi connectivity index (χ1) is 12.5. The van der Waals surface area contributed by atoms with Crippen LogP contribution in [0, 0.1) is 5.82 Å². The molecule has 0 radical (unpaired) electrons. The molecule has 0 aliphatic carbocycles. The van der Waals surface area contributed by atoms with Crippen molar-refractivity contribution in [3.8, 4) is 0 Å². The lowest BCUT2D eigenvalue weighted by molar-refractivity contribution is -0.136. The van der Waals surface area contributed by atoms with E-state index in [0.29, 0.717) is 6.54 Å². The monoisotopic (exact) mass is 384 g/mol. The first kappa shape index (κ1) is 22.4. The molecule has 6 heteroatoms. The van der Waals surface area contributed by atoms with Gasteiger partial charge >= 0.3 is 11.8 Å². The van der Waals surface area contributed by atoms with E-state index in [-0.39, 0.29) is 10.7 Å². The SMILES string of the molecule is CCCCCCCCCCCCNC(=O)C(=O)Nc1ccc(F)c(Cl)c1. The Balaban J connectivity index is 2.05. The molecular weight excluding hydrogens is 355 g/mol. The number of halogens is 2. The molecule has 0 bridgehead atoms. The molecule has 0 aliphatic rings.